The molecule has 0 unspecified atom stereocenters. The van der Waals surface area contributed by atoms with Crippen LogP contribution in [-0.4, -0.2) is 30.8 Å². The van der Waals surface area contributed by atoms with Crippen molar-refractivity contribution in [1.29, 1.82) is 0 Å². The number of hydrogen-bond donors (Lipinski definition) is 1. The smallest absolute Gasteiger partial charge is 0.277 e. The van der Waals surface area contributed by atoms with Crippen LogP contribution < -0.4 is 14.9 Å². The fourth-order valence-electron chi connectivity index (χ4n) is 1.54. The highest BCUT2D eigenvalue weighted by atomic mass is 16.5. The summed E-state index contributed by atoms with van der Waals surface area (Å²) in [4.78, 5) is 15.5. The minimum Gasteiger partial charge on any atom is -0.493 e. The molecule has 6 heteroatoms. The summed E-state index contributed by atoms with van der Waals surface area (Å²) in [7, 11) is 1.54. The fourth-order valence-corrected chi connectivity index (χ4v) is 1.54. The summed E-state index contributed by atoms with van der Waals surface area (Å²) >= 11 is 0. The highest BCUT2D eigenvalue weighted by Gasteiger charge is 2.05. The largest absolute Gasteiger partial charge is 0.493 e. The van der Waals surface area contributed by atoms with Gasteiger partial charge in [0.1, 0.15) is 0 Å². The first-order chi connectivity index (χ1) is 10.3. The zero-order valence-electron chi connectivity index (χ0n) is 11.5. The summed E-state index contributed by atoms with van der Waals surface area (Å²) in [6, 6.07) is 10.7. The van der Waals surface area contributed by atoms with Crippen LogP contribution in [0.4, 0.5) is 0 Å². The van der Waals surface area contributed by atoms with Crippen molar-refractivity contribution >= 4 is 12.1 Å². The Morgan fingerprint density at radius 2 is 1.95 bits per heavy atom. The van der Waals surface area contributed by atoms with Crippen LogP contribution in [0, 0.1) is 0 Å². The summed E-state index contributed by atoms with van der Waals surface area (Å²) in [6.07, 6.45) is 4.82. The van der Waals surface area contributed by atoms with Crippen LogP contribution in [0.2, 0.25) is 0 Å². The van der Waals surface area contributed by atoms with Gasteiger partial charge in [-0.25, -0.2) is 5.43 Å². The molecule has 0 saturated carbocycles. The first kappa shape index (κ1) is 14.5. The average molecular weight is 285 g/mol. The van der Waals surface area contributed by atoms with E-state index in [1.807, 2.05) is 6.07 Å². The standard InChI is InChI=1S/C15H15N3O3/c1-20-13-4-2-3-5-14(13)21-11-15(19)18-17-10-12-6-8-16-9-7-12/h2-10H,11H2,1H3,(H,18,19)/b17-10-. The number of ether oxygens (including phenoxy) is 2. The topological polar surface area (TPSA) is 72.8 Å². The second kappa shape index (κ2) is 7.64. The number of rotatable bonds is 6. The Bertz CT molecular complexity index is 615. The van der Waals surface area contributed by atoms with E-state index in [0.717, 1.165) is 5.56 Å². The van der Waals surface area contributed by atoms with Crippen molar-refractivity contribution in [3.63, 3.8) is 0 Å². The predicted octanol–water partition coefficient (Wildman–Crippen LogP) is 1.62. The molecule has 1 aromatic carbocycles. The lowest BCUT2D eigenvalue weighted by molar-refractivity contribution is -0.123. The van der Waals surface area contributed by atoms with Gasteiger partial charge in [0.05, 0.1) is 13.3 Å². The number of pyridine rings is 1. The number of carbonyl (C=O) groups is 1. The third-order valence-electron chi connectivity index (χ3n) is 2.54. The summed E-state index contributed by atoms with van der Waals surface area (Å²) in [5.41, 5.74) is 3.23. The number of aromatic nitrogens is 1. The molecule has 1 N–H and O–H groups in total. The molecule has 2 rings (SSSR count). The first-order valence-electron chi connectivity index (χ1n) is 6.27. The van der Waals surface area contributed by atoms with Crippen LogP contribution in [-0.2, 0) is 4.79 Å². The Morgan fingerprint density at radius 1 is 1.24 bits per heavy atom. The Balaban J connectivity index is 1.81. The van der Waals surface area contributed by atoms with Crippen molar-refractivity contribution in [2.75, 3.05) is 13.7 Å². The van der Waals surface area contributed by atoms with Crippen molar-refractivity contribution in [3.8, 4) is 11.5 Å². The number of hydrazone groups is 1. The molecule has 1 aromatic heterocycles. The minimum atomic E-state index is -0.355. The van der Waals surface area contributed by atoms with Crippen LogP contribution in [0.1, 0.15) is 5.56 Å². The van der Waals surface area contributed by atoms with Crippen LogP contribution in [0.3, 0.4) is 0 Å². The number of para-hydroxylation sites is 2. The highest BCUT2D eigenvalue weighted by molar-refractivity contribution is 5.82. The van der Waals surface area contributed by atoms with Gasteiger partial charge < -0.3 is 9.47 Å². The van der Waals surface area contributed by atoms with E-state index in [4.69, 9.17) is 9.47 Å². The fraction of sp³-hybridized carbons (Fsp3) is 0.133. The highest BCUT2D eigenvalue weighted by Crippen LogP contribution is 2.25. The number of nitrogens with zero attached hydrogens (tertiary/aromatic N) is 2. The van der Waals surface area contributed by atoms with Gasteiger partial charge in [-0.1, -0.05) is 12.1 Å². The van der Waals surface area contributed by atoms with Crippen molar-refractivity contribution < 1.29 is 14.3 Å². The normalized spacial score (nSPS) is 10.3. The van der Waals surface area contributed by atoms with Gasteiger partial charge in [-0.15, -0.1) is 0 Å². The number of nitrogens with one attached hydrogen (secondary N) is 1. The molecule has 0 fully saturated rings. The molecule has 21 heavy (non-hydrogen) atoms. The zero-order valence-corrected chi connectivity index (χ0v) is 11.5. The van der Waals surface area contributed by atoms with Gasteiger partial charge >= 0.3 is 0 Å². The van der Waals surface area contributed by atoms with E-state index in [0.29, 0.717) is 11.5 Å². The van der Waals surface area contributed by atoms with Gasteiger partial charge in [-0.3, -0.25) is 9.78 Å². The van der Waals surface area contributed by atoms with Gasteiger partial charge in [0.15, 0.2) is 18.1 Å². The molecule has 108 valence electrons. The molecular formula is C15H15N3O3. The van der Waals surface area contributed by atoms with E-state index in [-0.39, 0.29) is 12.5 Å². The number of hydrogen-bond acceptors (Lipinski definition) is 5. The van der Waals surface area contributed by atoms with E-state index >= 15 is 0 Å². The van der Waals surface area contributed by atoms with E-state index in [1.54, 1.807) is 49.8 Å². The zero-order chi connectivity index (χ0) is 14.9. The number of methoxy groups -OCH3 is 1. The van der Waals surface area contributed by atoms with Crippen LogP contribution >= 0.6 is 0 Å². The van der Waals surface area contributed by atoms with Crippen LogP contribution in [0.25, 0.3) is 0 Å². The lowest BCUT2D eigenvalue weighted by Gasteiger charge is -2.09. The number of benzene rings is 1. The predicted molar refractivity (Wildman–Crippen MR) is 78.5 cm³/mol. The number of amides is 1. The van der Waals surface area contributed by atoms with E-state index < -0.39 is 0 Å². The maximum absolute atomic E-state index is 11.6. The van der Waals surface area contributed by atoms with Crippen molar-refractivity contribution in [1.82, 2.24) is 10.4 Å². The lowest BCUT2D eigenvalue weighted by atomic mass is 10.3. The molecule has 0 bridgehead atoms. The Labute approximate surface area is 122 Å². The molecule has 1 amide bonds. The van der Waals surface area contributed by atoms with E-state index in [1.165, 1.54) is 6.21 Å². The molecule has 2 aromatic rings. The Kier molecular flexibility index (Phi) is 5.28. The summed E-state index contributed by atoms with van der Waals surface area (Å²) < 4.78 is 10.5. The molecular weight excluding hydrogens is 270 g/mol. The van der Waals surface area contributed by atoms with Crippen molar-refractivity contribution in [2.24, 2.45) is 5.10 Å². The minimum absolute atomic E-state index is 0.145. The molecule has 0 radical (unpaired) electrons. The SMILES string of the molecule is COc1ccccc1OCC(=O)N/N=C\c1ccncc1. The summed E-state index contributed by atoms with van der Waals surface area (Å²) in [5, 5.41) is 3.83. The second-order valence-electron chi connectivity index (χ2n) is 4.01. The maximum atomic E-state index is 11.6. The van der Waals surface area contributed by atoms with Gasteiger partial charge in [0, 0.05) is 12.4 Å². The molecule has 0 aliphatic rings. The maximum Gasteiger partial charge on any atom is 0.277 e. The Hall–Kier alpha value is -2.89. The van der Waals surface area contributed by atoms with Gasteiger partial charge in [-0.05, 0) is 29.8 Å². The second-order valence-corrected chi connectivity index (χ2v) is 4.01. The van der Waals surface area contributed by atoms with Crippen molar-refractivity contribution in [2.45, 2.75) is 0 Å². The third kappa shape index (κ3) is 4.61. The van der Waals surface area contributed by atoms with Gasteiger partial charge in [0.2, 0.25) is 0 Å². The quantitative estimate of drug-likeness (QED) is 0.646. The molecule has 6 nitrogen and oxygen atoms in total. The molecule has 1 heterocycles. The summed E-state index contributed by atoms with van der Waals surface area (Å²) in [5.74, 6) is 0.727. The van der Waals surface area contributed by atoms with Gasteiger partial charge in [-0.2, -0.15) is 5.10 Å². The number of carbonyl (C=O) groups excluding carboxylic acids is 1. The molecule has 0 atom stereocenters. The lowest BCUT2D eigenvalue weighted by Crippen LogP contribution is -2.24. The van der Waals surface area contributed by atoms with Crippen LogP contribution in [0.15, 0.2) is 53.9 Å². The van der Waals surface area contributed by atoms with Crippen molar-refractivity contribution in [3.05, 3.63) is 54.4 Å². The van der Waals surface area contributed by atoms with Crippen LogP contribution in [0.5, 0.6) is 11.5 Å². The monoisotopic (exact) mass is 285 g/mol. The Morgan fingerprint density at radius 3 is 2.67 bits per heavy atom. The van der Waals surface area contributed by atoms with E-state index in [2.05, 4.69) is 15.5 Å². The molecule has 0 saturated heterocycles. The molecule has 0 aliphatic heterocycles. The molecule has 0 spiro atoms. The first-order valence-corrected chi connectivity index (χ1v) is 6.27. The molecule has 0 aliphatic carbocycles. The average Bonchev–Trinajstić information content (AvgIpc) is 2.54. The third-order valence-corrected chi connectivity index (χ3v) is 2.54. The van der Waals surface area contributed by atoms with Gasteiger partial charge in [0.25, 0.3) is 5.91 Å². The van der Waals surface area contributed by atoms with E-state index in [9.17, 15) is 4.79 Å². The summed E-state index contributed by atoms with van der Waals surface area (Å²) in [6.45, 7) is -0.145.